The van der Waals surface area contributed by atoms with E-state index in [1.54, 1.807) is 45.5 Å². The molecule has 1 spiro atoms. The van der Waals surface area contributed by atoms with E-state index < -0.39 is 35.4 Å². The highest BCUT2D eigenvalue weighted by Gasteiger charge is 2.53. The van der Waals surface area contributed by atoms with Gasteiger partial charge in [0.1, 0.15) is 12.2 Å². The summed E-state index contributed by atoms with van der Waals surface area (Å²) in [4.78, 5) is 40.0. The van der Waals surface area contributed by atoms with Crippen LogP contribution in [-0.4, -0.2) is 46.4 Å². The van der Waals surface area contributed by atoms with Crippen molar-refractivity contribution < 1.29 is 28.6 Å². The smallest absolute Gasteiger partial charge is 0.426 e. The highest BCUT2D eigenvalue weighted by Crippen LogP contribution is 2.48. The Labute approximate surface area is 220 Å². The van der Waals surface area contributed by atoms with Crippen molar-refractivity contribution in [3.63, 3.8) is 0 Å². The second-order valence-electron chi connectivity index (χ2n) is 10.7. The molecule has 0 bridgehead atoms. The number of nitrogens with zero attached hydrogens (tertiary/aromatic N) is 2. The molecule has 0 radical (unpaired) electrons. The van der Waals surface area contributed by atoms with Gasteiger partial charge in [-0.1, -0.05) is 42.5 Å². The molecule has 2 heterocycles. The molecule has 198 valence electrons. The third-order valence-electron chi connectivity index (χ3n) is 6.82. The number of rotatable bonds is 4. The summed E-state index contributed by atoms with van der Waals surface area (Å²) in [6, 6.07) is 14.4. The Kier molecular flexibility index (Phi) is 6.17. The maximum Gasteiger partial charge on any atom is 0.426 e. The summed E-state index contributed by atoms with van der Waals surface area (Å²) in [7, 11) is 1.65. The standard InChI is InChI=1S/C29H31N3O6/c1-18-15-29(37-25(18)33)21-12-9-13-22-24(21)20(16-32(22)30-26(34)38-28(2,3)4)14-23(29)31(5)27(35)36-17-19-10-7-6-8-11-19/h6-13,15-16,23H,14,17H2,1-5H3,(H,30,34)/t23-,29+/m1/s1. The van der Waals surface area contributed by atoms with Gasteiger partial charge in [-0.15, -0.1) is 0 Å². The van der Waals surface area contributed by atoms with Crippen LogP contribution in [0.3, 0.4) is 0 Å². The minimum Gasteiger partial charge on any atom is -0.445 e. The molecule has 1 N–H and O–H groups in total. The van der Waals surface area contributed by atoms with Crippen LogP contribution in [0.15, 0.2) is 66.4 Å². The Morgan fingerprint density at radius 3 is 2.55 bits per heavy atom. The van der Waals surface area contributed by atoms with Crippen LogP contribution in [0, 0.1) is 0 Å². The minimum atomic E-state index is -1.20. The minimum absolute atomic E-state index is 0.120. The Morgan fingerprint density at radius 2 is 1.89 bits per heavy atom. The van der Waals surface area contributed by atoms with Gasteiger partial charge >= 0.3 is 18.2 Å². The van der Waals surface area contributed by atoms with Gasteiger partial charge in [0.25, 0.3) is 0 Å². The monoisotopic (exact) mass is 517 g/mol. The average Bonchev–Trinajstić information content (AvgIpc) is 3.36. The van der Waals surface area contributed by atoms with Crippen molar-refractivity contribution >= 4 is 29.1 Å². The first-order valence-corrected chi connectivity index (χ1v) is 12.5. The Bertz CT molecular complexity index is 1450. The molecular weight excluding hydrogens is 486 g/mol. The van der Waals surface area contributed by atoms with Gasteiger partial charge in [0.15, 0.2) is 5.60 Å². The van der Waals surface area contributed by atoms with E-state index in [4.69, 9.17) is 14.2 Å². The molecule has 0 saturated heterocycles. The first-order valence-electron chi connectivity index (χ1n) is 12.5. The van der Waals surface area contributed by atoms with Crippen LogP contribution >= 0.6 is 0 Å². The van der Waals surface area contributed by atoms with Gasteiger partial charge in [-0.3, -0.25) is 4.68 Å². The molecule has 1 aliphatic carbocycles. The number of aromatic nitrogens is 1. The molecule has 2 atom stereocenters. The van der Waals surface area contributed by atoms with Crippen molar-refractivity contribution in [3.05, 3.63) is 83.1 Å². The Morgan fingerprint density at radius 1 is 1.16 bits per heavy atom. The van der Waals surface area contributed by atoms with Gasteiger partial charge in [-0.2, -0.15) is 0 Å². The molecule has 1 aromatic heterocycles. The highest BCUT2D eigenvalue weighted by molar-refractivity contribution is 5.96. The summed E-state index contributed by atoms with van der Waals surface area (Å²) >= 11 is 0. The number of nitrogens with one attached hydrogen (secondary N) is 1. The van der Waals surface area contributed by atoms with Crippen LogP contribution in [0.5, 0.6) is 0 Å². The fourth-order valence-corrected chi connectivity index (χ4v) is 5.19. The Balaban J connectivity index is 1.51. The number of hydrogen-bond donors (Lipinski definition) is 1. The highest BCUT2D eigenvalue weighted by atomic mass is 16.6. The molecular formula is C29H31N3O6. The number of amides is 2. The van der Waals surface area contributed by atoms with E-state index in [-0.39, 0.29) is 6.61 Å². The van der Waals surface area contributed by atoms with Crippen LogP contribution < -0.4 is 5.43 Å². The molecule has 2 aliphatic rings. The zero-order chi connectivity index (χ0) is 27.2. The molecule has 2 amide bonds. The van der Waals surface area contributed by atoms with Crippen molar-refractivity contribution in [3.8, 4) is 0 Å². The molecule has 0 saturated carbocycles. The van der Waals surface area contributed by atoms with Crippen LogP contribution in [0.2, 0.25) is 0 Å². The average molecular weight is 518 g/mol. The summed E-state index contributed by atoms with van der Waals surface area (Å²) in [5, 5.41) is 0.851. The molecule has 1 aliphatic heterocycles. The van der Waals surface area contributed by atoms with E-state index in [1.807, 2.05) is 54.7 Å². The summed E-state index contributed by atoms with van der Waals surface area (Å²) < 4.78 is 18.7. The lowest BCUT2D eigenvalue weighted by Gasteiger charge is -2.43. The van der Waals surface area contributed by atoms with Gasteiger partial charge < -0.3 is 19.1 Å². The summed E-state index contributed by atoms with van der Waals surface area (Å²) in [5.74, 6) is -0.437. The molecule has 3 aromatic rings. The Hall–Kier alpha value is -4.27. The topological polar surface area (TPSA) is 99.1 Å². The third-order valence-corrected chi connectivity index (χ3v) is 6.82. The number of esters is 1. The second-order valence-corrected chi connectivity index (χ2v) is 10.7. The van der Waals surface area contributed by atoms with Gasteiger partial charge in [0.05, 0.1) is 11.6 Å². The summed E-state index contributed by atoms with van der Waals surface area (Å²) in [6.07, 6.45) is 2.84. The van der Waals surface area contributed by atoms with Crippen LogP contribution in [0.25, 0.3) is 10.9 Å². The summed E-state index contributed by atoms with van der Waals surface area (Å²) in [6.45, 7) is 7.20. The lowest BCUT2D eigenvalue weighted by atomic mass is 9.75. The lowest BCUT2D eigenvalue weighted by molar-refractivity contribution is -0.152. The normalized spacial score (nSPS) is 20.2. The predicted octanol–water partition coefficient (Wildman–Crippen LogP) is 5.01. The number of hydrogen-bond acceptors (Lipinski definition) is 6. The van der Waals surface area contributed by atoms with Crippen LogP contribution in [-0.2, 0) is 37.6 Å². The molecule has 9 heteroatoms. The lowest BCUT2D eigenvalue weighted by Crippen LogP contribution is -2.54. The first-order chi connectivity index (χ1) is 18.0. The maximum atomic E-state index is 13.2. The molecule has 0 fully saturated rings. The number of ether oxygens (including phenoxy) is 3. The van der Waals surface area contributed by atoms with E-state index in [1.165, 1.54) is 4.90 Å². The number of carbonyl (C=O) groups is 3. The zero-order valence-electron chi connectivity index (χ0n) is 22.1. The van der Waals surface area contributed by atoms with E-state index in [2.05, 4.69) is 5.43 Å². The fraction of sp³-hybridized carbons (Fsp3) is 0.345. The van der Waals surface area contributed by atoms with Gasteiger partial charge in [-0.25, -0.2) is 19.8 Å². The molecule has 5 rings (SSSR count). The van der Waals surface area contributed by atoms with E-state index in [0.29, 0.717) is 12.0 Å². The summed E-state index contributed by atoms with van der Waals surface area (Å²) in [5.41, 5.74) is 4.60. The van der Waals surface area contributed by atoms with Crippen molar-refractivity contribution in [1.82, 2.24) is 9.58 Å². The second kappa shape index (κ2) is 9.24. The van der Waals surface area contributed by atoms with E-state index >= 15 is 0 Å². The number of carbonyl (C=O) groups excluding carboxylic acids is 3. The van der Waals surface area contributed by atoms with Gasteiger partial charge in [0, 0.05) is 29.8 Å². The molecule has 38 heavy (non-hydrogen) atoms. The van der Waals surface area contributed by atoms with Crippen LogP contribution in [0.4, 0.5) is 9.59 Å². The third kappa shape index (κ3) is 4.49. The largest absolute Gasteiger partial charge is 0.445 e. The number of fused-ring (bicyclic) bond motifs is 1. The quantitative estimate of drug-likeness (QED) is 0.386. The first kappa shape index (κ1) is 25.4. The van der Waals surface area contributed by atoms with Crippen molar-refractivity contribution in [2.45, 2.75) is 58.0 Å². The van der Waals surface area contributed by atoms with E-state index in [9.17, 15) is 14.4 Å². The molecule has 9 nitrogen and oxygen atoms in total. The van der Waals surface area contributed by atoms with Crippen LogP contribution in [0.1, 0.15) is 44.4 Å². The zero-order valence-corrected chi connectivity index (χ0v) is 22.1. The van der Waals surface area contributed by atoms with Gasteiger partial charge in [-0.05, 0) is 57.4 Å². The maximum absolute atomic E-state index is 13.2. The molecule has 0 unspecified atom stereocenters. The van der Waals surface area contributed by atoms with Crippen molar-refractivity contribution in [2.75, 3.05) is 12.5 Å². The van der Waals surface area contributed by atoms with Crippen molar-refractivity contribution in [1.29, 1.82) is 0 Å². The van der Waals surface area contributed by atoms with Crippen molar-refractivity contribution in [2.24, 2.45) is 0 Å². The number of likely N-dealkylation sites (N-methyl/N-ethyl adjacent to an activating group) is 1. The number of benzene rings is 2. The van der Waals surface area contributed by atoms with Gasteiger partial charge in [0.2, 0.25) is 0 Å². The molecule has 2 aromatic carbocycles. The SMILES string of the molecule is CC1=C[C@]2(OC1=O)c1cccc3c1c(cn3NC(=O)OC(C)(C)C)C[C@H]2N(C)C(=O)OCc1ccccc1. The van der Waals surface area contributed by atoms with E-state index in [0.717, 1.165) is 27.6 Å². The fourth-order valence-electron chi connectivity index (χ4n) is 5.19. The predicted molar refractivity (Wildman–Crippen MR) is 141 cm³/mol.